The molecule has 0 atom stereocenters. The van der Waals surface area contributed by atoms with E-state index in [1.807, 2.05) is 0 Å². The van der Waals surface area contributed by atoms with Crippen LogP contribution in [0.2, 0.25) is 5.02 Å². The molecule has 3 aromatic rings. The van der Waals surface area contributed by atoms with E-state index in [1.54, 1.807) is 48.5 Å². The first-order valence-electron chi connectivity index (χ1n) is 8.40. The Labute approximate surface area is 169 Å². The molecule has 0 saturated carbocycles. The van der Waals surface area contributed by atoms with Crippen LogP contribution in [0.1, 0.15) is 5.76 Å². The number of nitrogens with zero attached hydrogens (tertiary/aromatic N) is 2. The maximum Gasteiger partial charge on any atom is 0.333 e. The second kappa shape index (κ2) is 7.25. The predicted molar refractivity (Wildman–Crippen MR) is 106 cm³/mol. The van der Waals surface area contributed by atoms with E-state index in [2.05, 4.69) is 5.32 Å². The lowest BCUT2D eigenvalue weighted by molar-refractivity contribution is -0.384. The maximum atomic E-state index is 12.6. The highest BCUT2D eigenvalue weighted by atomic mass is 35.5. The molecule has 1 aliphatic heterocycles. The molecule has 1 saturated heterocycles. The molecule has 29 heavy (non-hydrogen) atoms. The first kappa shape index (κ1) is 18.5. The van der Waals surface area contributed by atoms with E-state index in [1.165, 1.54) is 18.2 Å². The summed E-state index contributed by atoms with van der Waals surface area (Å²) in [5.74, 6) is 0.144. The van der Waals surface area contributed by atoms with Gasteiger partial charge in [-0.15, -0.1) is 0 Å². The molecule has 2 heterocycles. The fourth-order valence-corrected chi connectivity index (χ4v) is 3.07. The summed E-state index contributed by atoms with van der Waals surface area (Å²) in [6.07, 6.45) is 1.40. The molecule has 3 amide bonds. The summed E-state index contributed by atoms with van der Waals surface area (Å²) in [5, 5.41) is 13.6. The second-order valence-electron chi connectivity index (χ2n) is 6.09. The van der Waals surface area contributed by atoms with Crippen molar-refractivity contribution in [3.8, 4) is 11.3 Å². The zero-order valence-corrected chi connectivity index (χ0v) is 15.4. The number of furan rings is 1. The number of imide groups is 1. The number of anilines is 1. The van der Waals surface area contributed by atoms with Gasteiger partial charge in [-0.3, -0.25) is 14.9 Å². The number of para-hydroxylation sites is 1. The standard InChI is InChI=1S/C20H12ClN3O5/c21-15-8-6-12(10-17(15)24(27)28)18-9-7-14(29-18)11-16-19(25)23(20(26)22-16)13-4-2-1-3-5-13/h1-11H,(H,22,26)/b16-11+. The van der Waals surface area contributed by atoms with Gasteiger partial charge in [0.1, 0.15) is 22.2 Å². The Morgan fingerprint density at radius 1 is 1.07 bits per heavy atom. The molecule has 0 bridgehead atoms. The van der Waals surface area contributed by atoms with Gasteiger partial charge in [-0.1, -0.05) is 29.8 Å². The van der Waals surface area contributed by atoms with Gasteiger partial charge in [0.15, 0.2) is 0 Å². The Bertz CT molecular complexity index is 1170. The van der Waals surface area contributed by atoms with Crippen molar-refractivity contribution < 1.29 is 18.9 Å². The van der Waals surface area contributed by atoms with Gasteiger partial charge in [0, 0.05) is 17.7 Å². The van der Waals surface area contributed by atoms with Crippen LogP contribution >= 0.6 is 11.6 Å². The Balaban J connectivity index is 1.62. The van der Waals surface area contributed by atoms with Crippen molar-refractivity contribution in [1.82, 2.24) is 5.32 Å². The van der Waals surface area contributed by atoms with Gasteiger partial charge in [0.05, 0.1) is 10.6 Å². The largest absolute Gasteiger partial charge is 0.457 e. The normalized spacial score (nSPS) is 15.1. The molecule has 1 aliphatic rings. The molecule has 9 heteroatoms. The summed E-state index contributed by atoms with van der Waals surface area (Å²) in [6, 6.07) is 15.5. The van der Waals surface area contributed by atoms with Gasteiger partial charge >= 0.3 is 6.03 Å². The minimum Gasteiger partial charge on any atom is -0.457 e. The minimum atomic E-state index is -0.581. The molecule has 1 N–H and O–H groups in total. The third kappa shape index (κ3) is 3.48. The second-order valence-corrected chi connectivity index (χ2v) is 6.50. The number of carbonyl (C=O) groups is 2. The minimum absolute atomic E-state index is 0.0212. The topological polar surface area (TPSA) is 106 Å². The van der Waals surface area contributed by atoms with Gasteiger partial charge in [-0.05, 0) is 36.4 Å². The monoisotopic (exact) mass is 409 g/mol. The Kier molecular flexibility index (Phi) is 4.61. The van der Waals surface area contributed by atoms with E-state index in [0.29, 0.717) is 22.8 Å². The van der Waals surface area contributed by atoms with Gasteiger partial charge in [0.2, 0.25) is 0 Å². The van der Waals surface area contributed by atoms with Crippen molar-refractivity contribution in [2.24, 2.45) is 0 Å². The fourth-order valence-electron chi connectivity index (χ4n) is 2.88. The number of hydrogen-bond donors (Lipinski definition) is 1. The van der Waals surface area contributed by atoms with E-state index in [9.17, 15) is 19.7 Å². The van der Waals surface area contributed by atoms with Crippen molar-refractivity contribution in [2.45, 2.75) is 0 Å². The first-order chi connectivity index (χ1) is 13.9. The van der Waals surface area contributed by atoms with Crippen LogP contribution in [0.15, 0.2) is 70.8 Å². The predicted octanol–water partition coefficient (Wildman–Crippen LogP) is 4.61. The number of benzene rings is 2. The molecule has 0 radical (unpaired) electrons. The van der Waals surface area contributed by atoms with Crippen molar-refractivity contribution in [3.05, 3.63) is 87.3 Å². The Morgan fingerprint density at radius 3 is 2.55 bits per heavy atom. The summed E-state index contributed by atoms with van der Waals surface area (Å²) in [5.41, 5.74) is 0.726. The van der Waals surface area contributed by atoms with Crippen LogP contribution in [0.3, 0.4) is 0 Å². The quantitative estimate of drug-likeness (QED) is 0.293. The summed E-state index contributed by atoms with van der Waals surface area (Å²) in [6.45, 7) is 0. The molecular formula is C20H12ClN3O5. The molecule has 0 spiro atoms. The van der Waals surface area contributed by atoms with E-state index >= 15 is 0 Å². The van der Waals surface area contributed by atoms with E-state index < -0.39 is 16.9 Å². The van der Waals surface area contributed by atoms with Crippen LogP contribution in [0.25, 0.3) is 17.4 Å². The van der Waals surface area contributed by atoms with Gasteiger partial charge in [0.25, 0.3) is 11.6 Å². The number of urea groups is 1. The summed E-state index contributed by atoms with van der Waals surface area (Å²) in [4.78, 5) is 36.3. The summed E-state index contributed by atoms with van der Waals surface area (Å²) < 4.78 is 5.67. The molecule has 0 aliphatic carbocycles. The molecule has 1 aromatic heterocycles. The SMILES string of the molecule is O=C1N/C(=C/c2ccc(-c3ccc(Cl)c([N+](=O)[O-])c3)o2)C(=O)N1c1ccccc1. The number of amides is 3. The highest BCUT2D eigenvalue weighted by Gasteiger charge is 2.35. The zero-order chi connectivity index (χ0) is 20.5. The lowest BCUT2D eigenvalue weighted by Gasteiger charge is -2.10. The van der Waals surface area contributed by atoms with Crippen molar-refractivity contribution in [2.75, 3.05) is 4.90 Å². The first-order valence-corrected chi connectivity index (χ1v) is 8.78. The molecule has 4 rings (SSSR count). The van der Waals surface area contributed by atoms with Crippen molar-refractivity contribution in [1.29, 1.82) is 0 Å². The number of nitro benzene ring substituents is 1. The zero-order valence-electron chi connectivity index (χ0n) is 14.7. The maximum absolute atomic E-state index is 12.6. The van der Waals surface area contributed by atoms with Gasteiger partial charge in [-0.25, -0.2) is 9.69 Å². The number of carbonyl (C=O) groups excluding carboxylic acids is 2. The van der Waals surface area contributed by atoms with Crippen LogP contribution in [-0.4, -0.2) is 16.9 Å². The number of hydrogen-bond acceptors (Lipinski definition) is 5. The van der Waals surface area contributed by atoms with Crippen LogP contribution in [0, 0.1) is 10.1 Å². The van der Waals surface area contributed by atoms with E-state index in [-0.39, 0.29) is 16.4 Å². The van der Waals surface area contributed by atoms with Crippen LogP contribution in [-0.2, 0) is 4.79 Å². The van der Waals surface area contributed by atoms with Crippen molar-refractivity contribution >= 4 is 41.0 Å². The number of nitrogens with one attached hydrogen (secondary N) is 1. The summed E-state index contributed by atoms with van der Waals surface area (Å²) in [7, 11) is 0. The summed E-state index contributed by atoms with van der Waals surface area (Å²) >= 11 is 5.83. The molecule has 144 valence electrons. The van der Waals surface area contributed by atoms with Crippen molar-refractivity contribution in [3.63, 3.8) is 0 Å². The highest BCUT2D eigenvalue weighted by molar-refractivity contribution is 6.32. The van der Waals surface area contributed by atoms with Gasteiger partial charge < -0.3 is 9.73 Å². The fraction of sp³-hybridized carbons (Fsp3) is 0. The van der Waals surface area contributed by atoms with Gasteiger partial charge in [-0.2, -0.15) is 0 Å². The molecule has 0 unspecified atom stereocenters. The number of nitro groups is 1. The van der Waals surface area contributed by atoms with E-state index in [0.717, 1.165) is 4.90 Å². The number of halogens is 1. The third-order valence-corrected chi connectivity index (χ3v) is 4.55. The molecular weight excluding hydrogens is 398 g/mol. The molecule has 2 aromatic carbocycles. The highest BCUT2D eigenvalue weighted by Crippen LogP contribution is 2.32. The average molecular weight is 410 g/mol. The van der Waals surface area contributed by atoms with E-state index in [4.69, 9.17) is 16.0 Å². The lowest BCUT2D eigenvalue weighted by atomic mass is 10.1. The Morgan fingerprint density at radius 2 is 1.83 bits per heavy atom. The lowest BCUT2D eigenvalue weighted by Crippen LogP contribution is -2.30. The molecule has 8 nitrogen and oxygen atoms in total. The van der Waals surface area contributed by atoms with Crippen LogP contribution in [0.5, 0.6) is 0 Å². The Hall–Kier alpha value is -3.91. The van der Waals surface area contributed by atoms with Crippen LogP contribution in [0.4, 0.5) is 16.2 Å². The molecule has 1 fully saturated rings. The smallest absolute Gasteiger partial charge is 0.333 e. The average Bonchev–Trinajstić information content (AvgIpc) is 3.27. The number of rotatable bonds is 4. The van der Waals surface area contributed by atoms with Crippen LogP contribution < -0.4 is 10.2 Å². The third-order valence-electron chi connectivity index (χ3n) is 4.23.